The van der Waals surface area contributed by atoms with Crippen molar-refractivity contribution in [1.29, 1.82) is 0 Å². The van der Waals surface area contributed by atoms with Crippen molar-refractivity contribution in [3.8, 4) is 5.69 Å². The molecule has 0 bridgehead atoms. The van der Waals surface area contributed by atoms with Crippen LogP contribution < -0.4 is 5.32 Å². The first-order valence-corrected chi connectivity index (χ1v) is 7.00. The molecule has 1 aromatic heterocycles. The summed E-state index contributed by atoms with van der Waals surface area (Å²) >= 11 is 0. The molecule has 0 aliphatic carbocycles. The second-order valence-electron chi connectivity index (χ2n) is 5.10. The third-order valence-electron chi connectivity index (χ3n) is 3.49. The van der Waals surface area contributed by atoms with Crippen molar-refractivity contribution in [3.05, 3.63) is 71.5 Å². The first-order valence-electron chi connectivity index (χ1n) is 7.00. The molecule has 110 valence electrons. The molecule has 0 aliphatic rings. The molecular formula is C17H16N4O. The zero-order chi connectivity index (χ0) is 15.5. The van der Waals surface area contributed by atoms with Crippen LogP contribution in [-0.2, 0) is 0 Å². The van der Waals surface area contributed by atoms with Crippen molar-refractivity contribution < 1.29 is 4.79 Å². The van der Waals surface area contributed by atoms with Crippen molar-refractivity contribution in [1.82, 2.24) is 15.0 Å². The van der Waals surface area contributed by atoms with E-state index in [-0.39, 0.29) is 5.91 Å². The fourth-order valence-electron chi connectivity index (χ4n) is 2.20. The van der Waals surface area contributed by atoms with Crippen LogP contribution >= 0.6 is 0 Å². The molecule has 1 amide bonds. The second-order valence-corrected chi connectivity index (χ2v) is 5.10. The minimum Gasteiger partial charge on any atom is -0.322 e. The lowest BCUT2D eigenvalue weighted by Crippen LogP contribution is -2.12. The largest absolute Gasteiger partial charge is 0.322 e. The highest BCUT2D eigenvalue weighted by Gasteiger charge is 2.08. The first kappa shape index (κ1) is 14.0. The molecule has 3 rings (SSSR count). The van der Waals surface area contributed by atoms with Crippen LogP contribution in [0.4, 0.5) is 5.69 Å². The number of anilines is 1. The maximum Gasteiger partial charge on any atom is 0.255 e. The van der Waals surface area contributed by atoms with Crippen LogP contribution in [-0.4, -0.2) is 20.9 Å². The summed E-state index contributed by atoms with van der Waals surface area (Å²) in [6.45, 7) is 3.89. The number of nitrogens with one attached hydrogen (secondary N) is 1. The van der Waals surface area contributed by atoms with Gasteiger partial charge >= 0.3 is 0 Å². The molecule has 1 heterocycles. The minimum absolute atomic E-state index is 0.129. The lowest BCUT2D eigenvalue weighted by atomic mass is 10.1. The molecule has 5 nitrogen and oxygen atoms in total. The van der Waals surface area contributed by atoms with Crippen LogP contribution in [0.2, 0.25) is 0 Å². The summed E-state index contributed by atoms with van der Waals surface area (Å²) < 4.78 is 1.73. The van der Waals surface area contributed by atoms with Gasteiger partial charge in [-0.25, -0.2) is 4.68 Å². The molecule has 0 saturated carbocycles. The van der Waals surface area contributed by atoms with Gasteiger partial charge in [0.05, 0.1) is 17.6 Å². The van der Waals surface area contributed by atoms with Gasteiger partial charge in [0, 0.05) is 11.3 Å². The van der Waals surface area contributed by atoms with E-state index in [2.05, 4.69) is 15.6 Å². The van der Waals surface area contributed by atoms with Gasteiger partial charge in [0.2, 0.25) is 0 Å². The highest BCUT2D eigenvalue weighted by Crippen LogP contribution is 2.16. The van der Waals surface area contributed by atoms with Crippen molar-refractivity contribution in [2.24, 2.45) is 0 Å². The molecule has 0 aliphatic heterocycles. The van der Waals surface area contributed by atoms with Gasteiger partial charge in [0.25, 0.3) is 5.91 Å². The third kappa shape index (κ3) is 2.74. The zero-order valence-corrected chi connectivity index (χ0v) is 12.4. The normalized spacial score (nSPS) is 10.5. The van der Waals surface area contributed by atoms with Crippen molar-refractivity contribution in [2.75, 3.05) is 5.32 Å². The van der Waals surface area contributed by atoms with Crippen LogP contribution in [0, 0.1) is 13.8 Å². The molecule has 0 saturated heterocycles. The summed E-state index contributed by atoms with van der Waals surface area (Å²) in [5, 5.41) is 10.8. The van der Waals surface area contributed by atoms with E-state index < -0.39 is 0 Å². The number of hydrogen-bond acceptors (Lipinski definition) is 3. The highest BCUT2D eigenvalue weighted by atomic mass is 16.1. The zero-order valence-electron chi connectivity index (χ0n) is 12.4. The molecule has 0 atom stereocenters. The minimum atomic E-state index is -0.129. The lowest BCUT2D eigenvalue weighted by molar-refractivity contribution is 0.102. The fraction of sp³-hybridized carbons (Fsp3) is 0.118. The van der Waals surface area contributed by atoms with E-state index in [0.29, 0.717) is 5.56 Å². The topological polar surface area (TPSA) is 59.8 Å². The van der Waals surface area contributed by atoms with Gasteiger partial charge in [0.1, 0.15) is 0 Å². The van der Waals surface area contributed by atoms with Gasteiger partial charge < -0.3 is 5.32 Å². The average molecular weight is 292 g/mol. The number of benzene rings is 2. The van der Waals surface area contributed by atoms with Crippen LogP contribution in [0.3, 0.4) is 0 Å². The van der Waals surface area contributed by atoms with Crippen molar-refractivity contribution in [3.63, 3.8) is 0 Å². The molecule has 0 fully saturated rings. The van der Waals surface area contributed by atoms with E-state index in [1.807, 2.05) is 50.2 Å². The molecule has 22 heavy (non-hydrogen) atoms. The quantitative estimate of drug-likeness (QED) is 0.806. The number of para-hydroxylation sites is 1. The van der Waals surface area contributed by atoms with E-state index in [1.165, 1.54) is 0 Å². The first-order chi connectivity index (χ1) is 10.6. The van der Waals surface area contributed by atoms with E-state index in [4.69, 9.17) is 0 Å². The Morgan fingerprint density at radius 1 is 1.05 bits per heavy atom. The summed E-state index contributed by atoms with van der Waals surface area (Å²) in [7, 11) is 0. The predicted octanol–water partition coefficient (Wildman–Crippen LogP) is 3.14. The number of carbonyl (C=O) groups excluding carboxylic acids is 1. The molecule has 1 N–H and O–H groups in total. The van der Waals surface area contributed by atoms with Crippen molar-refractivity contribution in [2.45, 2.75) is 13.8 Å². The Hall–Kier alpha value is -2.95. The molecule has 0 spiro atoms. The third-order valence-corrected chi connectivity index (χ3v) is 3.49. The standard InChI is InChI=1S/C17H16N4O/c1-12-5-3-4-6-16(12)19-17(22)14-7-9-15(10-8-14)21-13(2)11-18-20-21/h3-11H,1-2H3,(H,19,22). The Bertz CT molecular complexity index is 806. The fourth-order valence-corrected chi connectivity index (χ4v) is 2.20. The number of hydrogen-bond donors (Lipinski definition) is 1. The molecular weight excluding hydrogens is 276 g/mol. The Morgan fingerprint density at radius 2 is 1.77 bits per heavy atom. The average Bonchev–Trinajstić information content (AvgIpc) is 2.96. The Morgan fingerprint density at radius 3 is 2.41 bits per heavy atom. The number of aromatic nitrogens is 3. The number of aryl methyl sites for hydroxylation is 2. The van der Waals surface area contributed by atoms with E-state index in [0.717, 1.165) is 22.6 Å². The second kappa shape index (κ2) is 5.81. The van der Waals surface area contributed by atoms with Crippen LogP contribution in [0.25, 0.3) is 5.69 Å². The monoisotopic (exact) mass is 292 g/mol. The van der Waals surface area contributed by atoms with E-state index in [1.54, 1.807) is 23.0 Å². The predicted molar refractivity (Wildman–Crippen MR) is 85.2 cm³/mol. The summed E-state index contributed by atoms with van der Waals surface area (Å²) in [5.41, 5.74) is 4.28. The Labute approximate surface area is 128 Å². The summed E-state index contributed by atoms with van der Waals surface area (Å²) in [6, 6.07) is 15.0. The van der Waals surface area contributed by atoms with Crippen LogP contribution in [0.15, 0.2) is 54.7 Å². The summed E-state index contributed by atoms with van der Waals surface area (Å²) in [6.07, 6.45) is 1.69. The smallest absolute Gasteiger partial charge is 0.255 e. The van der Waals surface area contributed by atoms with Crippen LogP contribution in [0.5, 0.6) is 0 Å². The van der Waals surface area contributed by atoms with E-state index >= 15 is 0 Å². The van der Waals surface area contributed by atoms with Crippen LogP contribution in [0.1, 0.15) is 21.6 Å². The number of amides is 1. The van der Waals surface area contributed by atoms with Gasteiger partial charge in [-0.2, -0.15) is 0 Å². The summed E-state index contributed by atoms with van der Waals surface area (Å²) in [4.78, 5) is 12.3. The highest BCUT2D eigenvalue weighted by molar-refractivity contribution is 6.04. The molecule has 0 radical (unpaired) electrons. The SMILES string of the molecule is Cc1ccccc1NC(=O)c1ccc(-n2nncc2C)cc1. The van der Waals surface area contributed by atoms with Gasteiger partial charge in [-0.3, -0.25) is 4.79 Å². The van der Waals surface area contributed by atoms with Crippen molar-refractivity contribution >= 4 is 11.6 Å². The van der Waals surface area contributed by atoms with Gasteiger partial charge in [-0.05, 0) is 49.7 Å². The molecule has 2 aromatic carbocycles. The maximum atomic E-state index is 12.3. The van der Waals surface area contributed by atoms with Gasteiger partial charge in [-0.1, -0.05) is 23.4 Å². The number of carbonyl (C=O) groups is 1. The lowest BCUT2D eigenvalue weighted by Gasteiger charge is -2.09. The molecule has 5 heteroatoms. The Kier molecular flexibility index (Phi) is 3.70. The maximum absolute atomic E-state index is 12.3. The summed E-state index contributed by atoms with van der Waals surface area (Å²) in [5.74, 6) is -0.129. The number of rotatable bonds is 3. The molecule has 3 aromatic rings. The molecule has 0 unspecified atom stereocenters. The van der Waals surface area contributed by atoms with Gasteiger partial charge in [-0.15, -0.1) is 5.10 Å². The Balaban J connectivity index is 1.80. The number of nitrogens with zero attached hydrogens (tertiary/aromatic N) is 3. The van der Waals surface area contributed by atoms with Gasteiger partial charge in [0.15, 0.2) is 0 Å². The van der Waals surface area contributed by atoms with E-state index in [9.17, 15) is 4.79 Å².